The first-order valence-electron chi connectivity index (χ1n) is 20.1. The third-order valence-corrected chi connectivity index (χ3v) is 15.3. The van der Waals surface area contributed by atoms with Crippen LogP contribution in [0.25, 0.3) is 20.2 Å². The molecule has 4 heterocycles. The van der Waals surface area contributed by atoms with Crippen LogP contribution in [0.2, 0.25) is 0 Å². The number of anilines is 5. The van der Waals surface area contributed by atoms with Gasteiger partial charge < -0.3 is 9.80 Å². The Morgan fingerprint density at radius 2 is 1.24 bits per heavy atom. The van der Waals surface area contributed by atoms with Crippen LogP contribution in [0.4, 0.5) is 28.4 Å². The van der Waals surface area contributed by atoms with Crippen LogP contribution in [-0.2, 0) is 5.41 Å². The average Bonchev–Trinajstić information content (AvgIpc) is 3.71. The van der Waals surface area contributed by atoms with Crippen LogP contribution in [0.5, 0.6) is 0 Å². The third kappa shape index (κ3) is 4.16. The normalized spacial score (nSPS) is 20.5. The molecule has 0 saturated heterocycles. The van der Waals surface area contributed by atoms with Gasteiger partial charge in [0.15, 0.2) is 0 Å². The molecule has 0 N–H and O–H groups in total. The maximum atomic E-state index is 2.82. The van der Waals surface area contributed by atoms with Crippen molar-refractivity contribution in [3.63, 3.8) is 0 Å². The summed E-state index contributed by atoms with van der Waals surface area (Å²) >= 11 is 1.93. The SMILES string of the molecule is CC12CCCCC1(C)N1c3ccccc3B3c4ccc(C(c5ccccc5)c5ccccc5)cc4N(c4cccc5c4sc4ccccc45)c4ccc2c1c43. The van der Waals surface area contributed by atoms with Crippen molar-refractivity contribution in [1.29, 1.82) is 0 Å². The van der Waals surface area contributed by atoms with Crippen molar-refractivity contribution in [2.24, 2.45) is 0 Å². The minimum Gasteiger partial charge on any atom is -0.335 e. The van der Waals surface area contributed by atoms with E-state index in [-0.39, 0.29) is 23.6 Å². The van der Waals surface area contributed by atoms with Gasteiger partial charge in [-0.05, 0) is 88.7 Å². The maximum absolute atomic E-state index is 2.82. The van der Waals surface area contributed by atoms with Gasteiger partial charge in [-0.1, -0.05) is 147 Å². The van der Waals surface area contributed by atoms with Crippen LogP contribution >= 0.6 is 11.3 Å². The smallest absolute Gasteiger partial charge is 0.252 e. The molecule has 264 valence electrons. The predicted octanol–water partition coefficient (Wildman–Crippen LogP) is 11.6. The molecule has 1 aromatic heterocycles. The van der Waals surface area contributed by atoms with Gasteiger partial charge in [-0.25, -0.2) is 0 Å². The Labute approximate surface area is 327 Å². The van der Waals surface area contributed by atoms with Crippen LogP contribution in [0, 0.1) is 0 Å². The molecule has 7 aromatic carbocycles. The molecule has 2 nitrogen and oxygen atoms in total. The lowest BCUT2D eigenvalue weighted by molar-refractivity contribution is 0.195. The van der Waals surface area contributed by atoms with E-state index in [0.717, 1.165) is 0 Å². The van der Waals surface area contributed by atoms with Crippen LogP contribution in [0.15, 0.2) is 158 Å². The van der Waals surface area contributed by atoms with Crippen molar-refractivity contribution in [2.75, 3.05) is 9.80 Å². The van der Waals surface area contributed by atoms with Crippen molar-refractivity contribution in [2.45, 2.75) is 56.4 Å². The van der Waals surface area contributed by atoms with E-state index in [4.69, 9.17) is 0 Å². The van der Waals surface area contributed by atoms with Crippen molar-refractivity contribution in [1.82, 2.24) is 0 Å². The Kier molecular flexibility index (Phi) is 6.62. The minimum absolute atomic E-state index is 0.0167. The number of rotatable bonds is 4. The molecule has 0 radical (unpaired) electrons. The van der Waals surface area contributed by atoms with Crippen LogP contribution in [0.1, 0.15) is 67.7 Å². The zero-order chi connectivity index (χ0) is 36.5. The van der Waals surface area contributed by atoms with Crippen molar-refractivity contribution in [3.05, 3.63) is 180 Å². The fourth-order valence-electron chi connectivity index (χ4n) is 11.4. The number of hydrogen-bond donors (Lipinski definition) is 0. The molecule has 1 fully saturated rings. The Morgan fingerprint density at radius 3 is 2.05 bits per heavy atom. The molecular weight excluding hydrogens is 683 g/mol. The summed E-state index contributed by atoms with van der Waals surface area (Å²) in [6, 6.07) is 59.9. The van der Waals surface area contributed by atoms with Gasteiger partial charge in [-0.3, -0.25) is 0 Å². The highest BCUT2D eigenvalue weighted by molar-refractivity contribution is 7.26. The van der Waals surface area contributed by atoms with Crippen LogP contribution in [-0.4, -0.2) is 12.3 Å². The lowest BCUT2D eigenvalue weighted by atomic mass is 9.33. The summed E-state index contributed by atoms with van der Waals surface area (Å²) in [5.41, 5.74) is 16.6. The molecule has 2 unspecified atom stereocenters. The summed E-state index contributed by atoms with van der Waals surface area (Å²) in [6.07, 6.45) is 5.00. The molecular formula is C51H41BN2S. The van der Waals surface area contributed by atoms with Crippen molar-refractivity contribution >= 4 is 83.0 Å². The second kappa shape index (κ2) is 11.5. The standard InChI is InChI=1S/C51H41BN2S/c1-50-30-13-14-31-51(50,2)54-41-23-11-10-22-39(41)52-40-28-26-35(46(33-16-5-3-6-17-33)34-18-7-4-8-19-34)32-44(40)53(42-29-27-38(50)48(54)47(42)52)43-24-15-21-37-36-20-9-12-25-45(36)55-49(37)43/h3-12,15-29,32,46H,13-14,30-31H2,1-2H3. The van der Waals surface area contributed by atoms with Gasteiger partial charge in [0.2, 0.25) is 0 Å². The molecule has 8 aromatic rings. The second-order valence-electron chi connectivity index (χ2n) is 16.7. The molecule has 55 heavy (non-hydrogen) atoms. The third-order valence-electron chi connectivity index (χ3n) is 14.1. The van der Waals surface area contributed by atoms with Crippen molar-refractivity contribution in [3.8, 4) is 0 Å². The molecule has 1 aliphatic carbocycles. The van der Waals surface area contributed by atoms with E-state index in [0.29, 0.717) is 0 Å². The van der Waals surface area contributed by atoms with Gasteiger partial charge in [0.05, 0.1) is 15.9 Å². The van der Waals surface area contributed by atoms with E-state index in [9.17, 15) is 0 Å². The predicted molar refractivity (Wildman–Crippen MR) is 235 cm³/mol. The summed E-state index contributed by atoms with van der Waals surface area (Å²) in [7, 11) is 0. The van der Waals surface area contributed by atoms with Gasteiger partial charge in [-0.2, -0.15) is 0 Å². The fourth-order valence-corrected chi connectivity index (χ4v) is 12.6. The number of hydrogen-bond acceptors (Lipinski definition) is 3. The van der Waals surface area contributed by atoms with E-state index in [2.05, 4.69) is 181 Å². The molecule has 4 heteroatoms. The molecule has 12 rings (SSSR count). The van der Waals surface area contributed by atoms with E-state index >= 15 is 0 Å². The summed E-state index contributed by atoms with van der Waals surface area (Å²) in [4.78, 5) is 5.49. The zero-order valence-electron chi connectivity index (χ0n) is 31.3. The zero-order valence-corrected chi connectivity index (χ0v) is 32.1. The molecule has 2 atom stereocenters. The van der Waals surface area contributed by atoms with E-state index in [1.54, 1.807) is 5.56 Å². The summed E-state index contributed by atoms with van der Waals surface area (Å²) in [6.45, 7) is 5.28. The number of fused-ring (bicyclic) bond motifs is 11. The first-order chi connectivity index (χ1) is 27.0. The average molecular weight is 725 g/mol. The summed E-state index contributed by atoms with van der Waals surface area (Å²) in [5, 5.41) is 2.67. The molecule has 0 amide bonds. The lowest BCUT2D eigenvalue weighted by Gasteiger charge is -2.52. The van der Waals surface area contributed by atoms with Gasteiger partial charge in [-0.15, -0.1) is 11.3 Å². The number of nitrogens with zero attached hydrogens (tertiary/aromatic N) is 2. The summed E-state index contributed by atoms with van der Waals surface area (Å²) in [5.74, 6) is 0.105. The Balaban J connectivity index is 1.18. The highest BCUT2D eigenvalue weighted by atomic mass is 32.1. The van der Waals surface area contributed by atoms with Gasteiger partial charge in [0.1, 0.15) is 0 Å². The highest BCUT2D eigenvalue weighted by Gasteiger charge is 2.61. The minimum atomic E-state index is 0.0167. The molecule has 0 bridgehead atoms. The van der Waals surface area contributed by atoms with Crippen LogP contribution < -0.4 is 26.2 Å². The summed E-state index contributed by atoms with van der Waals surface area (Å²) < 4.78 is 2.68. The van der Waals surface area contributed by atoms with Gasteiger partial charge in [0.25, 0.3) is 6.71 Å². The monoisotopic (exact) mass is 724 g/mol. The lowest BCUT2D eigenvalue weighted by Crippen LogP contribution is -2.64. The van der Waals surface area contributed by atoms with Crippen LogP contribution in [0.3, 0.4) is 0 Å². The Hall–Kier alpha value is -5.58. The van der Waals surface area contributed by atoms with Gasteiger partial charge in [0, 0.05) is 49.6 Å². The highest BCUT2D eigenvalue weighted by Crippen LogP contribution is 2.62. The largest absolute Gasteiger partial charge is 0.335 e. The van der Waals surface area contributed by atoms with E-state index in [1.165, 1.54) is 107 Å². The maximum Gasteiger partial charge on any atom is 0.252 e. The topological polar surface area (TPSA) is 6.48 Å². The Morgan fingerprint density at radius 1 is 0.564 bits per heavy atom. The fraction of sp³-hybridized carbons (Fsp3) is 0.176. The van der Waals surface area contributed by atoms with Crippen molar-refractivity contribution < 1.29 is 0 Å². The van der Waals surface area contributed by atoms with Gasteiger partial charge >= 0.3 is 0 Å². The number of thiophene rings is 1. The first-order valence-corrected chi connectivity index (χ1v) is 20.9. The Bertz CT molecular complexity index is 2810. The van der Waals surface area contributed by atoms with E-state index in [1.807, 2.05) is 11.3 Å². The quantitative estimate of drug-likeness (QED) is 0.132. The molecule has 3 aliphatic heterocycles. The number of benzene rings is 7. The molecule has 4 aliphatic rings. The molecule has 1 saturated carbocycles. The first kappa shape index (κ1) is 31.7. The number of para-hydroxylation sites is 1. The molecule has 0 spiro atoms. The van der Waals surface area contributed by atoms with E-state index < -0.39 is 0 Å². The second-order valence-corrected chi connectivity index (χ2v) is 17.7.